The smallest absolute Gasteiger partial charge is 0.407 e. The zero-order valence-electron chi connectivity index (χ0n) is 34.5. The highest BCUT2D eigenvalue weighted by Crippen LogP contribution is 2.07. The van der Waals surface area contributed by atoms with E-state index in [1.165, 1.54) is 12.1 Å². The van der Waals surface area contributed by atoms with Crippen molar-refractivity contribution in [3.8, 4) is 0 Å². The van der Waals surface area contributed by atoms with Crippen molar-refractivity contribution in [1.82, 2.24) is 51.4 Å². The van der Waals surface area contributed by atoms with Gasteiger partial charge >= 0.3 is 24.2 Å². The fourth-order valence-electron chi connectivity index (χ4n) is 5.44. The molecule has 0 aliphatic heterocycles. The molecular weight excluding hydrogens is 824 g/mol. The third-order valence-corrected chi connectivity index (χ3v) is 8.62. The maximum atomic E-state index is 12.4. The van der Waals surface area contributed by atoms with E-state index in [0.717, 1.165) is 17.7 Å². The Hall–Kier alpha value is -6.38. The average Bonchev–Trinajstić information content (AvgIpc) is 3.20. The van der Waals surface area contributed by atoms with Gasteiger partial charge < -0.3 is 61.8 Å². The number of H-pyrrole nitrogens is 2. The van der Waals surface area contributed by atoms with Crippen LogP contribution >= 0.6 is 0 Å². The van der Waals surface area contributed by atoms with Gasteiger partial charge in [0.2, 0.25) is 11.9 Å². The zero-order chi connectivity index (χ0) is 46.0. The molecule has 4 atom stereocenters. The number of carboxylic acid groups (broad SMARTS) is 1. The summed E-state index contributed by atoms with van der Waals surface area (Å²) >= 11 is 0. The fourth-order valence-corrected chi connectivity index (χ4v) is 5.44. The van der Waals surface area contributed by atoms with Gasteiger partial charge in [0.15, 0.2) is 12.2 Å². The molecule has 2 heterocycles. The molecule has 0 saturated heterocycles. The number of aromatic nitrogens is 4. The minimum atomic E-state index is -2.32. The Morgan fingerprint density at radius 1 is 0.613 bits per heavy atom. The number of nitrogens with one attached hydrogen (secondary N) is 9. The number of aliphatic hydroxyl groups excluding tert-OH is 4. The Balaban J connectivity index is 1.52. The van der Waals surface area contributed by atoms with Gasteiger partial charge in [-0.3, -0.25) is 39.8 Å². The molecule has 8 amide bonds. The predicted molar refractivity (Wildman–Crippen MR) is 219 cm³/mol. The summed E-state index contributed by atoms with van der Waals surface area (Å²) in [5.74, 6) is -2.35. The largest absolute Gasteiger partial charge is 0.465 e. The maximum Gasteiger partial charge on any atom is 0.407 e. The third-order valence-electron chi connectivity index (χ3n) is 8.62. The first kappa shape index (κ1) is 51.8. The van der Waals surface area contributed by atoms with Crippen molar-refractivity contribution >= 4 is 48.0 Å². The van der Waals surface area contributed by atoms with E-state index >= 15 is 0 Å². The second kappa shape index (κ2) is 28.2. The second-order valence-corrected chi connectivity index (χ2v) is 13.8. The van der Waals surface area contributed by atoms with Gasteiger partial charge in [0, 0.05) is 62.8 Å². The minimum Gasteiger partial charge on any atom is -0.465 e. The van der Waals surface area contributed by atoms with E-state index in [1.807, 2.05) is 0 Å². The topological polar surface area (TPSA) is 392 Å². The van der Waals surface area contributed by atoms with Crippen molar-refractivity contribution in [1.29, 1.82) is 0 Å². The van der Waals surface area contributed by atoms with E-state index in [9.17, 15) is 63.9 Å². The molecule has 2 aromatic heterocycles. The number of hydrogen-bond donors (Lipinski definition) is 14. The summed E-state index contributed by atoms with van der Waals surface area (Å²) in [5.41, 5.74) is 0.104. The van der Waals surface area contributed by atoms with Crippen molar-refractivity contribution < 1.29 is 59.0 Å². The van der Waals surface area contributed by atoms with Gasteiger partial charge in [-0.25, -0.2) is 29.1 Å². The second-order valence-electron chi connectivity index (χ2n) is 13.8. The number of alkyl carbamates (subject to hydrolysis) is 1. The molecule has 26 heteroatoms. The average molecular weight is 883 g/mol. The molecule has 62 heavy (non-hydrogen) atoms. The summed E-state index contributed by atoms with van der Waals surface area (Å²) in [6.07, 6.45) is -6.23. The number of aryl methyl sites for hydroxylation is 2. The van der Waals surface area contributed by atoms with Crippen LogP contribution in [0.25, 0.3) is 0 Å². The first-order chi connectivity index (χ1) is 29.5. The maximum absolute atomic E-state index is 12.4. The van der Waals surface area contributed by atoms with Crippen LogP contribution in [0.1, 0.15) is 62.8 Å². The standard InChI is InChI=1S/C36H58N12O14/c1-21-19-23(49)44-31(42-21)46-33(57)39-11-7-3-4-9-13-41-35(59)62-18-15-38-30(56)28(54)26(52)25(51)27(53)29(55)37-14-17-48(36(60)61)16-10-6-5-8-12-40-34(58)47-32-43-22(2)20-24(50)45-32/h19-20,25-28,51-54H,3-18H2,1-2H3,(H,37,55)(H,38,56)(H,41,59)(H,60,61)(H3,39,42,44,46,49,57)(H3,40,43,45,47,50,58)/t25-,26+,27+,28-/m0/s1. The molecule has 2 aromatic rings. The summed E-state index contributed by atoms with van der Waals surface area (Å²) < 4.78 is 4.93. The third kappa shape index (κ3) is 21.2. The summed E-state index contributed by atoms with van der Waals surface area (Å²) in [4.78, 5) is 109. The van der Waals surface area contributed by atoms with Crippen molar-refractivity contribution in [3.05, 3.63) is 44.2 Å². The summed E-state index contributed by atoms with van der Waals surface area (Å²) in [5, 5.41) is 67.3. The lowest BCUT2D eigenvalue weighted by molar-refractivity contribution is -0.155. The van der Waals surface area contributed by atoms with E-state index < -0.39 is 66.0 Å². The van der Waals surface area contributed by atoms with Crippen LogP contribution in [0.15, 0.2) is 21.7 Å². The van der Waals surface area contributed by atoms with Crippen LogP contribution in [-0.4, -0.2) is 163 Å². The van der Waals surface area contributed by atoms with E-state index in [0.29, 0.717) is 63.0 Å². The van der Waals surface area contributed by atoms with Gasteiger partial charge in [-0.2, -0.15) is 0 Å². The Morgan fingerprint density at radius 2 is 1.05 bits per heavy atom. The molecule has 0 bridgehead atoms. The van der Waals surface area contributed by atoms with Crippen LogP contribution in [0.3, 0.4) is 0 Å². The number of urea groups is 2. The monoisotopic (exact) mass is 882 g/mol. The Labute approximate surface area is 355 Å². The molecule has 0 aliphatic rings. The number of amides is 8. The highest BCUT2D eigenvalue weighted by molar-refractivity contribution is 5.87. The Bertz CT molecular complexity index is 1880. The van der Waals surface area contributed by atoms with Gasteiger partial charge in [-0.1, -0.05) is 25.7 Å². The number of nitrogens with zero attached hydrogens (tertiary/aromatic N) is 3. The first-order valence-electron chi connectivity index (χ1n) is 19.9. The van der Waals surface area contributed by atoms with Gasteiger partial charge in [0.05, 0.1) is 6.54 Å². The quantitative estimate of drug-likeness (QED) is 0.0428. The van der Waals surface area contributed by atoms with Gasteiger partial charge in [-0.05, 0) is 39.5 Å². The molecular formula is C36H58N12O14. The molecule has 0 unspecified atom stereocenters. The highest BCUT2D eigenvalue weighted by Gasteiger charge is 2.37. The predicted octanol–water partition coefficient (Wildman–Crippen LogP) is -2.08. The van der Waals surface area contributed by atoms with Gasteiger partial charge in [-0.15, -0.1) is 0 Å². The summed E-state index contributed by atoms with van der Waals surface area (Å²) in [6.45, 7) is 3.23. The molecule has 0 aromatic carbocycles. The number of carbonyl (C=O) groups excluding carboxylic acids is 5. The number of rotatable bonds is 27. The number of aromatic amines is 2. The van der Waals surface area contributed by atoms with E-state index in [2.05, 4.69) is 57.2 Å². The number of anilines is 2. The van der Waals surface area contributed by atoms with Crippen molar-refractivity contribution in [2.24, 2.45) is 0 Å². The zero-order valence-corrected chi connectivity index (χ0v) is 34.5. The van der Waals surface area contributed by atoms with Crippen LogP contribution in [0.2, 0.25) is 0 Å². The van der Waals surface area contributed by atoms with E-state index in [4.69, 9.17) is 4.74 Å². The van der Waals surface area contributed by atoms with Crippen molar-refractivity contribution in [2.75, 3.05) is 63.1 Å². The Kier molecular flexibility index (Phi) is 23.5. The van der Waals surface area contributed by atoms with Gasteiger partial charge in [0.25, 0.3) is 22.9 Å². The molecule has 26 nitrogen and oxygen atoms in total. The molecule has 0 fully saturated rings. The van der Waals surface area contributed by atoms with E-state index in [-0.39, 0.29) is 56.8 Å². The molecule has 346 valence electrons. The van der Waals surface area contributed by atoms with Crippen LogP contribution in [0, 0.1) is 13.8 Å². The minimum absolute atomic E-state index is 0.0118. The van der Waals surface area contributed by atoms with E-state index in [1.54, 1.807) is 13.8 Å². The molecule has 0 radical (unpaired) electrons. The molecule has 0 aliphatic carbocycles. The van der Waals surface area contributed by atoms with Crippen LogP contribution in [0.4, 0.5) is 31.1 Å². The molecule has 0 spiro atoms. The van der Waals surface area contributed by atoms with Crippen molar-refractivity contribution in [2.45, 2.75) is 89.6 Å². The molecule has 14 N–H and O–H groups in total. The fraction of sp³-hybridized carbons (Fsp3) is 0.611. The SMILES string of the molecule is Cc1cc(=O)[nH]c(NC(=O)NCCCCCCNC(=O)OCCNC(=O)[C@@H](O)[C@H](O)[C@H](O)[C@@H](O)C(=O)NCCN(CCCCCCNC(=O)Nc2nc(C)cc(=O)[nH]2)C(=O)O)n1. The lowest BCUT2D eigenvalue weighted by Crippen LogP contribution is -2.55. The highest BCUT2D eigenvalue weighted by atomic mass is 16.5. The summed E-state index contributed by atoms with van der Waals surface area (Å²) in [7, 11) is 0. The summed E-state index contributed by atoms with van der Waals surface area (Å²) in [6, 6.07) is 1.50. The van der Waals surface area contributed by atoms with Crippen LogP contribution in [0.5, 0.6) is 0 Å². The lowest BCUT2D eigenvalue weighted by atomic mass is 10.0. The lowest BCUT2D eigenvalue weighted by Gasteiger charge is -2.26. The normalized spacial score (nSPS) is 12.7. The van der Waals surface area contributed by atoms with Gasteiger partial charge in [0.1, 0.15) is 18.8 Å². The van der Waals surface area contributed by atoms with Crippen LogP contribution in [-0.2, 0) is 14.3 Å². The van der Waals surface area contributed by atoms with Crippen LogP contribution < -0.4 is 48.3 Å². The first-order valence-corrected chi connectivity index (χ1v) is 19.9. The number of carbonyl (C=O) groups is 6. The molecule has 0 saturated carbocycles. The molecule has 2 rings (SSSR count). The van der Waals surface area contributed by atoms with Crippen molar-refractivity contribution in [3.63, 3.8) is 0 Å². The number of hydrogen-bond acceptors (Lipinski definition) is 15. The number of unbranched alkanes of at least 4 members (excludes halogenated alkanes) is 6. The number of ether oxygens (including phenoxy) is 1. The number of aliphatic hydroxyl groups is 4. The Morgan fingerprint density at radius 3 is 1.50 bits per heavy atom.